The van der Waals surface area contributed by atoms with Crippen LogP contribution in [0.15, 0.2) is 24.3 Å². The number of rotatable bonds is 5. The van der Waals surface area contributed by atoms with Crippen LogP contribution in [0.1, 0.15) is 45.1 Å². The maximum absolute atomic E-state index is 11.1. The van der Waals surface area contributed by atoms with E-state index in [0.717, 1.165) is 24.2 Å². The Morgan fingerprint density at radius 3 is 2.55 bits per heavy atom. The molecule has 3 nitrogen and oxygen atoms in total. The predicted molar refractivity (Wildman–Crippen MR) is 78.5 cm³/mol. The highest BCUT2D eigenvalue weighted by Crippen LogP contribution is 2.45. The van der Waals surface area contributed by atoms with Crippen molar-refractivity contribution in [1.82, 2.24) is 0 Å². The first-order valence-corrected chi connectivity index (χ1v) is 7.45. The minimum absolute atomic E-state index is 0.275. The predicted octanol–water partition coefficient (Wildman–Crippen LogP) is 3.46. The number of ether oxygens (including phenoxy) is 1. The van der Waals surface area contributed by atoms with E-state index < -0.39 is 11.0 Å². The molecule has 1 N–H and O–H groups in total. The number of benzene rings is 1. The number of fused-ring (bicyclic) bond motifs is 1. The smallest absolute Gasteiger partial charge is 0.124 e. The van der Waals surface area contributed by atoms with Crippen LogP contribution in [0.4, 0.5) is 0 Å². The SMILES string of the molecule is CCCC(O)(CCC)C1(C#N)COc2ccccc2C1. The molecule has 0 saturated carbocycles. The summed E-state index contributed by atoms with van der Waals surface area (Å²) in [6.07, 6.45) is 3.57. The van der Waals surface area contributed by atoms with Gasteiger partial charge in [-0.15, -0.1) is 0 Å². The van der Waals surface area contributed by atoms with E-state index in [1.54, 1.807) is 0 Å². The summed E-state index contributed by atoms with van der Waals surface area (Å²) >= 11 is 0. The van der Waals surface area contributed by atoms with E-state index in [1.807, 2.05) is 38.1 Å². The van der Waals surface area contributed by atoms with Crippen molar-refractivity contribution in [2.45, 2.75) is 51.6 Å². The second-order valence-corrected chi connectivity index (χ2v) is 5.80. The van der Waals surface area contributed by atoms with Crippen molar-refractivity contribution in [3.05, 3.63) is 29.8 Å². The highest BCUT2D eigenvalue weighted by molar-refractivity contribution is 5.38. The van der Waals surface area contributed by atoms with Gasteiger partial charge in [-0.05, 0) is 24.5 Å². The van der Waals surface area contributed by atoms with Crippen LogP contribution < -0.4 is 4.74 Å². The Morgan fingerprint density at radius 1 is 1.30 bits per heavy atom. The molecule has 1 aromatic rings. The zero-order valence-electron chi connectivity index (χ0n) is 12.4. The zero-order valence-corrected chi connectivity index (χ0v) is 12.4. The Bertz CT molecular complexity index is 500. The molecule has 0 radical (unpaired) electrons. The van der Waals surface area contributed by atoms with Crippen LogP contribution in [-0.4, -0.2) is 17.3 Å². The standard InChI is InChI=1S/C17H23NO2/c1-3-9-17(19,10-4-2)16(12-18)11-14-7-5-6-8-15(14)20-13-16/h5-8,19H,3-4,9-11,13H2,1-2H3. The lowest BCUT2D eigenvalue weighted by Crippen LogP contribution is -2.53. The highest BCUT2D eigenvalue weighted by Gasteiger charge is 2.52. The van der Waals surface area contributed by atoms with Gasteiger partial charge in [0.15, 0.2) is 0 Å². The maximum atomic E-state index is 11.1. The van der Waals surface area contributed by atoms with E-state index >= 15 is 0 Å². The van der Waals surface area contributed by atoms with Gasteiger partial charge in [-0.1, -0.05) is 44.9 Å². The third-order valence-electron chi connectivity index (χ3n) is 4.37. The summed E-state index contributed by atoms with van der Waals surface area (Å²) in [6.45, 7) is 4.36. The van der Waals surface area contributed by atoms with Gasteiger partial charge in [0.25, 0.3) is 0 Å². The number of nitriles is 1. The molecule has 3 heteroatoms. The first-order chi connectivity index (χ1) is 9.61. The molecule has 0 aliphatic carbocycles. The van der Waals surface area contributed by atoms with E-state index in [-0.39, 0.29) is 6.61 Å². The average molecular weight is 273 g/mol. The fourth-order valence-electron chi connectivity index (χ4n) is 3.27. The van der Waals surface area contributed by atoms with Gasteiger partial charge >= 0.3 is 0 Å². The molecular weight excluding hydrogens is 250 g/mol. The minimum atomic E-state index is -0.973. The minimum Gasteiger partial charge on any atom is -0.492 e. The molecule has 1 heterocycles. The lowest BCUT2D eigenvalue weighted by atomic mass is 9.65. The van der Waals surface area contributed by atoms with Gasteiger partial charge in [0.05, 0.1) is 11.7 Å². The van der Waals surface area contributed by atoms with Crippen LogP contribution in [-0.2, 0) is 6.42 Å². The van der Waals surface area contributed by atoms with E-state index in [2.05, 4.69) is 6.07 Å². The van der Waals surface area contributed by atoms with Gasteiger partial charge < -0.3 is 9.84 Å². The van der Waals surface area contributed by atoms with Crippen LogP contribution in [0.3, 0.4) is 0 Å². The first-order valence-electron chi connectivity index (χ1n) is 7.45. The highest BCUT2D eigenvalue weighted by atomic mass is 16.5. The molecular formula is C17H23NO2. The molecule has 1 aliphatic rings. The van der Waals surface area contributed by atoms with Gasteiger partial charge in [0.2, 0.25) is 0 Å². The second-order valence-electron chi connectivity index (χ2n) is 5.80. The molecule has 20 heavy (non-hydrogen) atoms. The van der Waals surface area contributed by atoms with Crippen molar-refractivity contribution in [3.63, 3.8) is 0 Å². The molecule has 1 aromatic carbocycles. The Kier molecular flexibility index (Phi) is 4.35. The quantitative estimate of drug-likeness (QED) is 0.893. The molecule has 0 amide bonds. The van der Waals surface area contributed by atoms with Crippen LogP contribution in [0.5, 0.6) is 5.75 Å². The number of hydrogen-bond acceptors (Lipinski definition) is 3. The third kappa shape index (κ3) is 2.41. The first kappa shape index (κ1) is 14.9. The lowest BCUT2D eigenvalue weighted by Gasteiger charge is -2.45. The van der Waals surface area contributed by atoms with Gasteiger partial charge in [0, 0.05) is 6.42 Å². The van der Waals surface area contributed by atoms with E-state index in [1.165, 1.54) is 0 Å². The molecule has 108 valence electrons. The topological polar surface area (TPSA) is 53.2 Å². The van der Waals surface area contributed by atoms with Crippen molar-refractivity contribution in [1.29, 1.82) is 5.26 Å². The second kappa shape index (κ2) is 5.85. The summed E-state index contributed by atoms with van der Waals surface area (Å²) in [4.78, 5) is 0. The van der Waals surface area contributed by atoms with Crippen molar-refractivity contribution in [2.24, 2.45) is 5.41 Å². The molecule has 1 unspecified atom stereocenters. The van der Waals surface area contributed by atoms with Gasteiger partial charge in [-0.3, -0.25) is 0 Å². The van der Waals surface area contributed by atoms with E-state index in [0.29, 0.717) is 19.3 Å². The van der Waals surface area contributed by atoms with E-state index in [9.17, 15) is 10.4 Å². The Labute approximate surface area is 121 Å². The van der Waals surface area contributed by atoms with Crippen molar-refractivity contribution in [2.75, 3.05) is 6.61 Å². The van der Waals surface area contributed by atoms with Crippen LogP contribution in [0.2, 0.25) is 0 Å². The summed E-state index contributed by atoms with van der Waals surface area (Å²) in [5, 5.41) is 20.9. The Hall–Kier alpha value is -1.53. The fraction of sp³-hybridized carbons (Fsp3) is 0.588. The largest absolute Gasteiger partial charge is 0.492 e. The van der Waals surface area contributed by atoms with Crippen LogP contribution >= 0.6 is 0 Å². The number of aliphatic hydroxyl groups is 1. The molecule has 0 spiro atoms. The summed E-state index contributed by atoms with van der Waals surface area (Å²) in [5.74, 6) is 0.841. The van der Waals surface area contributed by atoms with Gasteiger partial charge in [-0.2, -0.15) is 5.26 Å². The molecule has 0 aromatic heterocycles. The molecule has 1 aliphatic heterocycles. The average Bonchev–Trinajstić information content (AvgIpc) is 2.47. The summed E-state index contributed by atoms with van der Waals surface area (Å²) in [7, 11) is 0. The summed E-state index contributed by atoms with van der Waals surface area (Å²) in [6, 6.07) is 10.2. The van der Waals surface area contributed by atoms with Crippen LogP contribution in [0.25, 0.3) is 0 Å². The monoisotopic (exact) mass is 273 g/mol. The molecule has 1 atom stereocenters. The molecule has 2 rings (SSSR count). The fourth-order valence-corrected chi connectivity index (χ4v) is 3.27. The molecule has 0 fully saturated rings. The molecule has 0 bridgehead atoms. The molecule has 0 saturated heterocycles. The van der Waals surface area contributed by atoms with Crippen LogP contribution in [0, 0.1) is 16.7 Å². The Balaban J connectivity index is 2.38. The normalized spacial score (nSPS) is 21.7. The van der Waals surface area contributed by atoms with Crippen molar-refractivity contribution >= 4 is 0 Å². The number of hydrogen-bond donors (Lipinski definition) is 1. The van der Waals surface area contributed by atoms with E-state index in [4.69, 9.17) is 4.74 Å². The maximum Gasteiger partial charge on any atom is 0.124 e. The van der Waals surface area contributed by atoms with Crippen molar-refractivity contribution in [3.8, 4) is 11.8 Å². The zero-order chi connectivity index (χ0) is 14.6. The number of para-hydroxylation sites is 1. The number of nitrogens with zero attached hydrogens (tertiary/aromatic N) is 1. The lowest BCUT2D eigenvalue weighted by molar-refractivity contribution is -0.0926. The summed E-state index contributed by atoms with van der Waals surface area (Å²) in [5.41, 5.74) is -0.794. The van der Waals surface area contributed by atoms with Gasteiger partial charge in [-0.25, -0.2) is 0 Å². The third-order valence-corrected chi connectivity index (χ3v) is 4.37. The van der Waals surface area contributed by atoms with Gasteiger partial charge in [0.1, 0.15) is 17.8 Å². The summed E-state index contributed by atoms with van der Waals surface area (Å²) < 4.78 is 5.79. The Morgan fingerprint density at radius 2 is 1.95 bits per heavy atom. The van der Waals surface area contributed by atoms with Crippen molar-refractivity contribution < 1.29 is 9.84 Å².